The fraction of sp³-hybridized carbons (Fsp3) is 0.444. The minimum absolute atomic E-state index is 0.105. The van der Waals surface area contributed by atoms with Gasteiger partial charge in [-0.15, -0.1) is 0 Å². The van der Waals surface area contributed by atoms with Gasteiger partial charge in [-0.3, -0.25) is 4.79 Å². The van der Waals surface area contributed by atoms with Crippen LogP contribution in [0.2, 0.25) is 0 Å². The molecule has 2 N–H and O–H groups in total. The number of amides is 3. The smallest absolute Gasteiger partial charge is 0.321 e. The lowest BCUT2D eigenvalue weighted by Gasteiger charge is -2.37. The normalized spacial score (nSPS) is 20.7. The largest absolute Gasteiger partial charge is 0.472 e. The molecule has 0 bridgehead atoms. The number of aliphatic hydroxyl groups excluding tert-OH is 1. The minimum atomic E-state index is -0.397. The Morgan fingerprint density at radius 1 is 1.34 bits per heavy atom. The second-order valence-electron chi connectivity index (χ2n) is 9.50. The van der Waals surface area contributed by atoms with Gasteiger partial charge in [-0.1, -0.05) is 31.2 Å². The van der Waals surface area contributed by atoms with Gasteiger partial charge in [0.15, 0.2) is 0 Å². The summed E-state index contributed by atoms with van der Waals surface area (Å²) in [5.74, 6) is -0.0389. The van der Waals surface area contributed by atoms with Crippen molar-refractivity contribution in [3.8, 4) is 5.88 Å². The first-order valence-electron chi connectivity index (χ1n) is 12.2. The van der Waals surface area contributed by atoms with Gasteiger partial charge in [0.05, 0.1) is 19.2 Å². The van der Waals surface area contributed by atoms with Crippen molar-refractivity contribution in [1.82, 2.24) is 14.8 Å². The Balaban J connectivity index is 1.60. The number of nitrogens with zero attached hydrogens (tertiary/aromatic N) is 3. The number of carbonyl (C=O) groups is 2. The van der Waals surface area contributed by atoms with Crippen molar-refractivity contribution in [2.75, 3.05) is 32.1 Å². The Kier molecular flexibility index (Phi) is 7.70. The SMILES string of the molecule is C[C@@H]1CN([C@H](C)CO)C(=O)c2cc(C3=CCCC3)cnc2O[C@@H]1CN(C)C(=O)Nc1ccccc1. The molecule has 3 atom stereocenters. The summed E-state index contributed by atoms with van der Waals surface area (Å²) >= 11 is 0. The quantitative estimate of drug-likeness (QED) is 0.654. The highest BCUT2D eigenvalue weighted by Gasteiger charge is 2.35. The maximum atomic E-state index is 13.5. The Morgan fingerprint density at radius 3 is 2.80 bits per heavy atom. The van der Waals surface area contributed by atoms with Crippen molar-refractivity contribution >= 4 is 23.2 Å². The third kappa shape index (κ3) is 5.65. The summed E-state index contributed by atoms with van der Waals surface area (Å²) in [5.41, 5.74) is 3.23. The molecular weight excluding hydrogens is 444 g/mol. The van der Waals surface area contributed by atoms with E-state index in [2.05, 4.69) is 16.4 Å². The zero-order valence-electron chi connectivity index (χ0n) is 20.6. The molecular formula is C27H34N4O4. The zero-order valence-corrected chi connectivity index (χ0v) is 20.6. The number of nitrogens with one attached hydrogen (secondary N) is 1. The van der Waals surface area contributed by atoms with Gasteiger partial charge >= 0.3 is 6.03 Å². The molecule has 1 aromatic heterocycles. The van der Waals surface area contributed by atoms with Crippen LogP contribution in [-0.4, -0.2) is 70.7 Å². The van der Waals surface area contributed by atoms with Crippen LogP contribution in [0.25, 0.3) is 5.57 Å². The lowest BCUT2D eigenvalue weighted by molar-refractivity contribution is 0.0356. The number of urea groups is 1. The number of ether oxygens (including phenoxy) is 1. The van der Waals surface area contributed by atoms with Gasteiger partial charge in [-0.25, -0.2) is 9.78 Å². The highest BCUT2D eigenvalue weighted by Crippen LogP contribution is 2.32. The first kappa shape index (κ1) is 24.7. The monoisotopic (exact) mass is 478 g/mol. The summed E-state index contributed by atoms with van der Waals surface area (Å²) in [6, 6.07) is 10.5. The fourth-order valence-corrected chi connectivity index (χ4v) is 4.52. The molecule has 3 amide bonds. The van der Waals surface area contributed by atoms with Crippen LogP contribution in [0.4, 0.5) is 10.5 Å². The number of allylic oxidation sites excluding steroid dienone is 2. The Bertz CT molecular complexity index is 1090. The Hall–Kier alpha value is -3.39. The lowest BCUT2D eigenvalue weighted by atomic mass is 9.99. The molecule has 4 rings (SSSR count). The number of fused-ring (bicyclic) bond motifs is 1. The maximum Gasteiger partial charge on any atom is 0.321 e. The van der Waals surface area contributed by atoms with Crippen molar-refractivity contribution in [2.45, 2.75) is 45.3 Å². The number of carbonyl (C=O) groups excluding carboxylic acids is 2. The van der Waals surface area contributed by atoms with E-state index in [4.69, 9.17) is 4.74 Å². The van der Waals surface area contributed by atoms with Gasteiger partial charge in [0.1, 0.15) is 11.7 Å². The van der Waals surface area contributed by atoms with Gasteiger partial charge in [0, 0.05) is 31.4 Å². The van der Waals surface area contributed by atoms with Crippen molar-refractivity contribution < 1.29 is 19.4 Å². The number of hydrogen-bond acceptors (Lipinski definition) is 5. The lowest BCUT2D eigenvalue weighted by Crippen LogP contribution is -2.50. The summed E-state index contributed by atoms with van der Waals surface area (Å²) in [4.78, 5) is 34.2. The third-order valence-electron chi connectivity index (χ3n) is 6.76. The molecule has 8 heteroatoms. The van der Waals surface area contributed by atoms with Crippen LogP contribution >= 0.6 is 0 Å². The summed E-state index contributed by atoms with van der Waals surface area (Å²) in [6.45, 7) is 4.38. The highest BCUT2D eigenvalue weighted by molar-refractivity contribution is 5.97. The second kappa shape index (κ2) is 10.9. The Morgan fingerprint density at radius 2 is 2.11 bits per heavy atom. The number of aliphatic hydroxyl groups is 1. The summed E-state index contributed by atoms with van der Waals surface area (Å²) < 4.78 is 6.31. The molecule has 0 spiro atoms. The average molecular weight is 479 g/mol. The number of hydrogen-bond donors (Lipinski definition) is 2. The molecule has 35 heavy (non-hydrogen) atoms. The van der Waals surface area contributed by atoms with Crippen LogP contribution in [-0.2, 0) is 0 Å². The summed E-state index contributed by atoms with van der Waals surface area (Å²) in [5, 5.41) is 12.7. The Labute approximate surface area is 206 Å². The van der Waals surface area contributed by atoms with Crippen molar-refractivity contribution in [3.63, 3.8) is 0 Å². The minimum Gasteiger partial charge on any atom is -0.472 e. The van der Waals surface area contributed by atoms with Gasteiger partial charge in [-0.05, 0) is 55.5 Å². The molecule has 0 fully saturated rings. The van der Waals surface area contributed by atoms with E-state index in [1.165, 1.54) is 5.57 Å². The van der Waals surface area contributed by atoms with E-state index in [-0.39, 0.29) is 36.4 Å². The maximum absolute atomic E-state index is 13.5. The zero-order chi connectivity index (χ0) is 24.9. The van der Waals surface area contributed by atoms with Crippen LogP contribution in [0, 0.1) is 5.92 Å². The van der Waals surface area contributed by atoms with Crippen LogP contribution in [0.15, 0.2) is 48.7 Å². The number of likely N-dealkylation sites (N-methyl/N-ethyl adjacent to an activating group) is 1. The number of rotatable bonds is 6. The van der Waals surface area contributed by atoms with Gasteiger partial charge in [0.2, 0.25) is 5.88 Å². The molecule has 2 aliphatic rings. The van der Waals surface area contributed by atoms with Gasteiger partial charge in [-0.2, -0.15) is 0 Å². The molecule has 1 aliphatic carbocycles. The molecule has 0 saturated heterocycles. The second-order valence-corrected chi connectivity index (χ2v) is 9.50. The van der Waals surface area contributed by atoms with Crippen molar-refractivity contribution in [2.24, 2.45) is 5.92 Å². The molecule has 8 nitrogen and oxygen atoms in total. The van der Waals surface area contributed by atoms with Crippen LogP contribution < -0.4 is 10.1 Å². The molecule has 0 radical (unpaired) electrons. The number of para-hydroxylation sites is 1. The summed E-state index contributed by atoms with van der Waals surface area (Å²) in [6.07, 6.45) is 6.65. The summed E-state index contributed by atoms with van der Waals surface area (Å²) in [7, 11) is 1.72. The van der Waals surface area contributed by atoms with E-state index < -0.39 is 6.10 Å². The predicted molar refractivity (Wildman–Crippen MR) is 135 cm³/mol. The number of benzene rings is 1. The standard InChI is InChI=1S/C27H34N4O4/c1-18-15-31(19(2)17-32)26(33)23-13-21(20-9-7-8-10-20)14-28-25(23)35-24(18)16-30(3)27(34)29-22-11-5-4-6-12-22/h4-6,9,11-14,18-19,24,32H,7-8,10,15-17H2,1-3H3,(H,29,34)/t18-,19-,24-/m1/s1. The number of anilines is 1. The van der Waals surface area contributed by atoms with Gasteiger partial charge < -0.3 is 25.0 Å². The molecule has 0 saturated carbocycles. The van der Waals surface area contributed by atoms with E-state index in [9.17, 15) is 14.7 Å². The van der Waals surface area contributed by atoms with Gasteiger partial charge in [0.25, 0.3) is 5.91 Å². The van der Waals surface area contributed by atoms with Crippen molar-refractivity contribution in [3.05, 3.63) is 59.8 Å². The van der Waals surface area contributed by atoms with E-state index in [1.54, 1.807) is 23.0 Å². The number of pyridine rings is 1. The third-order valence-corrected chi connectivity index (χ3v) is 6.76. The molecule has 2 heterocycles. The topological polar surface area (TPSA) is 95.0 Å². The first-order valence-corrected chi connectivity index (χ1v) is 12.2. The van der Waals surface area contributed by atoms with Crippen LogP contribution in [0.1, 0.15) is 49.0 Å². The first-order chi connectivity index (χ1) is 16.9. The fourth-order valence-electron chi connectivity index (χ4n) is 4.52. The van der Waals surface area contributed by atoms with Crippen molar-refractivity contribution in [1.29, 1.82) is 0 Å². The highest BCUT2D eigenvalue weighted by atomic mass is 16.5. The predicted octanol–water partition coefficient (Wildman–Crippen LogP) is 4.03. The van der Waals surface area contributed by atoms with E-state index in [0.29, 0.717) is 24.3 Å². The van der Waals surface area contributed by atoms with Crippen LogP contribution in [0.3, 0.4) is 0 Å². The average Bonchev–Trinajstić information content (AvgIpc) is 3.41. The molecule has 186 valence electrons. The molecule has 1 aromatic carbocycles. The molecule has 1 aliphatic heterocycles. The number of aromatic nitrogens is 1. The van der Waals surface area contributed by atoms with E-state index in [1.807, 2.05) is 50.2 Å². The van der Waals surface area contributed by atoms with E-state index >= 15 is 0 Å². The molecule has 2 aromatic rings. The molecule has 0 unspecified atom stereocenters. The van der Waals surface area contributed by atoms with E-state index in [0.717, 1.165) is 24.8 Å². The van der Waals surface area contributed by atoms with Crippen LogP contribution in [0.5, 0.6) is 5.88 Å².